The Balaban J connectivity index is 0.000000309. The summed E-state index contributed by atoms with van der Waals surface area (Å²) in [6, 6.07) is 40.6. The zero-order valence-corrected chi connectivity index (χ0v) is 37.5. The number of hydrogen-bond donors (Lipinski definition) is 2. The molecule has 6 rings (SSSR count). The van der Waals surface area contributed by atoms with E-state index < -0.39 is 9.84 Å². The third-order valence-corrected chi connectivity index (χ3v) is 13.6. The number of hydrogen-bond acceptors (Lipinski definition) is 8. The van der Waals surface area contributed by atoms with Crippen molar-refractivity contribution in [2.45, 2.75) is 109 Å². The number of allylic oxidation sites excluding steroid dienone is 5. The number of rotatable bonds is 10. The van der Waals surface area contributed by atoms with Gasteiger partial charge in [-0.3, -0.25) is 0 Å². The number of thioether (sulfide) groups is 1. The summed E-state index contributed by atoms with van der Waals surface area (Å²) in [6.07, 6.45) is 11.1. The Morgan fingerprint density at radius 3 is 1.19 bits per heavy atom. The van der Waals surface area contributed by atoms with Crippen molar-refractivity contribution < 1.29 is 8.42 Å². The fourth-order valence-corrected chi connectivity index (χ4v) is 9.45. The van der Waals surface area contributed by atoms with Gasteiger partial charge in [0, 0.05) is 49.3 Å². The maximum absolute atomic E-state index is 12.8. The fourth-order valence-electron chi connectivity index (χ4n) is 4.48. The molecule has 0 radical (unpaired) electrons. The van der Waals surface area contributed by atoms with Crippen LogP contribution in [-0.2, 0) is 9.84 Å². The summed E-state index contributed by atoms with van der Waals surface area (Å²) in [5.74, 6) is 0. The van der Waals surface area contributed by atoms with Crippen LogP contribution in [0.2, 0.25) is 0 Å². The van der Waals surface area contributed by atoms with Gasteiger partial charge >= 0.3 is 0 Å². The summed E-state index contributed by atoms with van der Waals surface area (Å²) in [4.78, 5) is 11.0. The molecule has 0 unspecified atom stereocenters. The average molecular weight is 847 g/mol. The van der Waals surface area contributed by atoms with Crippen LogP contribution in [0.3, 0.4) is 0 Å². The summed E-state index contributed by atoms with van der Waals surface area (Å²) in [6.45, 7) is 12.4. The number of benzene rings is 5. The summed E-state index contributed by atoms with van der Waals surface area (Å²) in [7, 11) is -3.43. The van der Waals surface area contributed by atoms with Crippen LogP contribution in [0, 0.1) is 0 Å². The van der Waals surface area contributed by atoms with Gasteiger partial charge in [-0.2, -0.15) is 0 Å². The molecule has 0 aliphatic heterocycles. The lowest BCUT2D eigenvalue weighted by Crippen LogP contribution is -2.04. The number of thiol groups is 2. The molecule has 0 atom stereocenters. The summed E-state index contributed by atoms with van der Waals surface area (Å²) in [5.41, 5.74) is 0. The zero-order valence-electron chi connectivity index (χ0n) is 31.7. The van der Waals surface area contributed by atoms with Crippen molar-refractivity contribution >= 4 is 82.1 Å². The molecule has 284 valence electrons. The maximum Gasteiger partial charge on any atom is 0.206 e. The summed E-state index contributed by atoms with van der Waals surface area (Å²) in [5, 5.41) is 0.584. The van der Waals surface area contributed by atoms with Crippen molar-refractivity contribution in [1.29, 1.82) is 0 Å². The monoisotopic (exact) mass is 846 g/mol. The van der Waals surface area contributed by atoms with E-state index in [2.05, 4.69) is 112 Å². The Hall–Kier alpha value is -2.63. The van der Waals surface area contributed by atoms with Crippen LogP contribution >= 0.6 is 72.3 Å². The van der Waals surface area contributed by atoms with Gasteiger partial charge in [0.25, 0.3) is 0 Å². The average Bonchev–Trinajstić information content (AvgIpc) is 3.20. The van der Waals surface area contributed by atoms with Gasteiger partial charge in [0.1, 0.15) is 0 Å². The molecule has 5 aromatic carbocycles. The van der Waals surface area contributed by atoms with E-state index in [1.54, 1.807) is 59.6 Å². The Morgan fingerprint density at radius 1 is 0.537 bits per heavy atom. The van der Waals surface area contributed by atoms with Gasteiger partial charge in [-0.05, 0) is 154 Å². The van der Waals surface area contributed by atoms with E-state index in [-0.39, 0.29) is 0 Å². The Morgan fingerprint density at radius 2 is 0.870 bits per heavy atom. The van der Waals surface area contributed by atoms with Crippen molar-refractivity contribution in [2.24, 2.45) is 0 Å². The highest BCUT2D eigenvalue weighted by Crippen LogP contribution is 2.35. The highest BCUT2D eigenvalue weighted by Gasteiger charge is 2.19. The molecule has 1 aliphatic rings. The predicted molar refractivity (Wildman–Crippen MR) is 246 cm³/mol. The Kier molecular flexibility index (Phi) is 21.0. The molecular weight excluding hydrogens is 797 g/mol. The minimum atomic E-state index is -3.43. The van der Waals surface area contributed by atoms with E-state index in [1.807, 2.05) is 94.1 Å². The van der Waals surface area contributed by atoms with Crippen LogP contribution in [0.25, 0.3) is 0 Å². The lowest BCUT2D eigenvalue weighted by molar-refractivity contribution is 0.602. The first kappa shape index (κ1) is 45.8. The van der Waals surface area contributed by atoms with Crippen LogP contribution in [0.5, 0.6) is 0 Å². The maximum atomic E-state index is 12.8. The molecule has 1 aliphatic carbocycles. The van der Waals surface area contributed by atoms with Crippen LogP contribution in [0.4, 0.5) is 0 Å². The first-order valence-electron chi connectivity index (χ1n) is 17.8. The van der Waals surface area contributed by atoms with Gasteiger partial charge < -0.3 is 0 Å². The van der Waals surface area contributed by atoms with Gasteiger partial charge in [-0.25, -0.2) is 8.42 Å². The molecule has 0 saturated carbocycles. The second kappa shape index (κ2) is 24.8. The molecule has 54 heavy (non-hydrogen) atoms. The quantitative estimate of drug-likeness (QED) is 0.0828. The van der Waals surface area contributed by atoms with E-state index in [0.717, 1.165) is 32.4 Å². The minimum absolute atomic E-state index is 0.342. The van der Waals surface area contributed by atoms with Gasteiger partial charge in [-0.15, -0.1) is 37.0 Å². The summed E-state index contributed by atoms with van der Waals surface area (Å²) < 4.78 is 25.6. The molecule has 0 amide bonds. The van der Waals surface area contributed by atoms with Crippen LogP contribution in [-0.4, -0.2) is 13.7 Å². The van der Waals surface area contributed by atoms with E-state index in [0.29, 0.717) is 15.1 Å². The Bertz CT molecular complexity index is 1970. The molecule has 0 bridgehead atoms. The van der Waals surface area contributed by atoms with Gasteiger partial charge in [-0.1, -0.05) is 87.3 Å². The van der Waals surface area contributed by atoms with Crippen molar-refractivity contribution in [1.82, 2.24) is 0 Å². The van der Waals surface area contributed by atoms with Crippen LogP contribution in [0.15, 0.2) is 206 Å². The largest absolute Gasteiger partial charge is 0.219 e. The van der Waals surface area contributed by atoms with Crippen molar-refractivity contribution in [3.05, 3.63) is 157 Å². The first-order chi connectivity index (χ1) is 26.0. The second-order valence-electron chi connectivity index (χ2n) is 11.6. The van der Waals surface area contributed by atoms with Crippen molar-refractivity contribution in [3.63, 3.8) is 0 Å². The zero-order chi connectivity index (χ0) is 39.3. The molecule has 9 heteroatoms. The van der Waals surface area contributed by atoms with Crippen LogP contribution < -0.4 is 0 Å². The molecule has 0 N–H and O–H groups in total. The number of sulfone groups is 1. The molecule has 0 heterocycles. The third-order valence-electron chi connectivity index (χ3n) is 7.14. The normalized spacial score (nSPS) is 12.1. The molecule has 0 fully saturated rings. The smallest absolute Gasteiger partial charge is 0.206 e. The van der Waals surface area contributed by atoms with Gasteiger partial charge in [0.15, 0.2) is 0 Å². The van der Waals surface area contributed by atoms with E-state index in [4.69, 9.17) is 0 Å². The topological polar surface area (TPSA) is 34.1 Å². The van der Waals surface area contributed by atoms with E-state index in [9.17, 15) is 8.42 Å². The lowest BCUT2D eigenvalue weighted by Gasteiger charge is -2.10. The first-order valence-corrected chi connectivity index (χ1v) is 23.5. The SMILES string of the molecule is CC.CC(C)Sc1ccc(Sc2ccc(Sc3ccc(S(=O)(=O)C4=CCCC=C4)cc3)cc2)cc1.CC=CC.Sc1ccc(Sc2ccc(S)cc2)cc1. The van der Waals surface area contributed by atoms with E-state index in [1.165, 1.54) is 24.5 Å². The van der Waals surface area contributed by atoms with Crippen molar-refractivity contribution in [3.8, 4) is 0 Å². The standard InChI is InChI=1S/C27H26O2S4.C12H10S3.C4H8.C2H6/c1-20(2)30-21-8-10-22(11-9-21)31-23-12-14-24(15-13-23)32-25-16-18-27(19-17-25)33(28,29)26-6-4-3-5-7-26;13-9-1-5-11(6-2-9)15-12-7-3-10(14)4-8-12;1-3-4-2;1-2/h4,6-20H,3,5H2,1-2H3;1-8,13-14H;3-4H,1-2H3;1-2H3. The molecule has 0 aromatic heterocycles. The molecule has 0 spiro atoms. The lowest BCUT2D eigenvalue weighted by atomic mass is 10.2. The van der Waals surface area contributed by atoms with Crippen LogP contribution in [0.1, 0.15) is 54.4 Å². The molecule has 2 nitrogen and oxygen atoms in total. The minimum Gasteiger partial charge on any atom is -0.219 e. The highest BCUT2D eigenvalue weighted by atomic mass is 32.2. The fraction of sp³-hybridized carbons (Fsp3) is 0.200. The molecular formula is C45H50O2S7. The van der Waals surface area contributed by atoms with Gasteiger partial charge in [0.2, 0.25) is 9.84 Å². The van der Waals surface area contributed by atoms with Crippen molar-refractivity contribution in [2.75, 3.05) is 0 Å². The summed E-state index contributed by atoms with van der Waals surface area (Å²) >= 11 is 15.5. The molecule has 0 saturated heterocycles. The van der Waals surface area contributed by atoms with Gasteiger partial charge in [0.05, 0.1) is 9.80 Å². The predicted octanol–water partition coefficient (Wildman–Crippen LogP) is 15.5. The van der Waals surface area contributed by atoms with E-state index >= 15 is 0 Å². The molecule has 5 aromatic rings. The highest BCUT2D eigenvalue weighted by molar-refractivity contribution is 8.00. The third kappa shape index (κ3) is 16.2. The second-order valence-corrected chi connectivity index (χ2v) is 19.7. The Labute approximate surface area is 353 Å².